The molecule has 0 spiro atoms. The number of benzene rings is 3. The van der Waals surface area contributed by atoms with Crippen molar-refractivity contribution < 1.29 is 18.7 Å². The highest BCUT2D eigenvalue weighted by atomic mass is 19.1. The van der Waals surface area contributed by atoms with Gasteiger partial charge >= 0.3 is 0 Å². The highest BCUT2D eigenvalue weighted by Gasteiger charge is 2.27. The lowest BCUT2D eigenvalue weighted by molar-refractivity contribution is 0.0849. The Bertz CT molecular complexity index is 920. The normalized spacial score (nSPS) is 15.9. The van der Waals surface area contributed by atoms with Gasteiger partial charge < -0.3 is 9.47 Å². The van der Waals surface area contributed by atoms with Crippen molar-refractivity contribution in [3.8, 4) is 11.5 Å². The van der Waals surface area contributed by atoms with Crippen LogP contribution in [0.4, 0.5) is 4.39 Å². The molecule has 26 heavy (non-hydrogen) atoms. The quantitative estimate of drug-likeness (QED) is 0.657. The molecule has 0 amide bonds. The molecule has 0 saturated carbocycles. The summed E-state index contributed by atoms with van der Waals surface area (Å²) in [5, 5.41) is 0. The number of hydrogen-bond donors (Lipinski definition) is 0. The van der Waals surface area contributed by atoms with Gasteiger partial charge in [0.05, 0.1) is 12.0 Å². The minimum Gasteiger partial charge on any atom is -0.489 e. The van der Waals surface area contributed by atoms with E-state index in [2.05, 4.69) is 0 Å². The third kappa shape index (κ3) is 3.45. The van der Waals surface area contributed by atoms with E-state index in [1.54, 1.807) is 0 Å². The first-order valence-corrected chi connectivity index (χ1v) is 8.45. The van der Waals surface area contributed by atoms with E-state index in [9.17, 15) is 9.18 Å². The van der Waals surface area contributed by atoms with Gasteiger partial charge in [-0.15, -0.1) is 0 Å². The predicted octanol–water partition coefficient (Wildman–Crippen LogP) is 5.11. The van der Waals surface area contributed by atoms with Gasteiger partial charge in [0.15, 0.2) is 5.78 Å². The number of rotatable bonds is 4. The Balaban J connectivity index is 1.46. The summed E-state index contributed by atoms with van der Waals surface area (Å²) in [6, 6.07) is 21.4. The summed E-state index contributed by atoms with van der Waals surface area (Å²) in [6.45, 7) is 0.491. The molecule has 1 unspecified atom stereocenters. The van der Waals surface area contributed by atoms with Crippen LogP contribution in [0, 0.1) is 5.82 Å². The smallest absolute Gasteiger partial charge is 0.170 e. The van der Waals surface area contributed by atoms with Crippen molar-refractivity contribution in [2.45, 2.75) is 19.1 Å². The maximum Gasteiger partial charge on any atom is 0.170 e. The monoisotopic (exact) mass is 348 g/mol. The molecule has 1 heterocycles. The molecule has 0 fully saturated rings. The fraction of sp³-hybridized carbons (Fsp3) is 0.136. The number of ether oxygens (including phenoxy) is 2. The average molecular weight is 348 g/mol. The van der Waals surface area contributed by atoms with Crippen molar-refractivity contribution in [1.29, 1.82) is 0 Å². The van der Waals surface area contributed by atoms with Crippen LogP contribution >= 0.6 is 0 Å². The summed E-state index contributed by atoms with van der Waals surface area (Å²) >= 11 is 0. The van der Waals surface area contributed by atoms with Crippen molar-refractivity contribution in [2.24, 2.45) is 0 Å². The molecule has 0 N–H and O–H groups in total. The zero-order valence-electron chi connectivity index (χ0n) is 14.0. The van der Waals surface area contributed by atoms with Gasteiger partial charge in [-0.1, -0.05) is 42.5 Å². The van der Waals surface area contributed by atoms with E-state index >= 15 is 0 Å². The molecule has 3 nitrogen and oxygen atoms in total. The lowest BCUT2D eigenvalue weighted by atomic mass is 9.96. The first-order valence-electron chi connectivity index (χ1n) is 8.45. The first kappa shape index (κ1) is 16.3. The molecule has 3 aromatic rings. The van der Waals surface area contributed by atoms with Crippen LogP contribution in [0.15, 0.2) is 72.8 Å². The molecule has 4 rings (SSSR count). The van der Waals surface area contributed by atoms with Crippen LogP contribution in [0.25, 0.3) is 0 Å². The van der Waals surface area contributed by atoms with Gasteiger partial charge in [-0.2, -0.15) is 0 Å². The fourth-order valence-corrected chi connectivity index (χ4v) is 3.00. The second-order valence-electron chi connectivity index (χ2n) is 6.22. The van der Waals surface area contributed by atoms with Gasteiger partial charge in [0.1, 0.15) is 30.0 Å². The van der Waals surface area contributed by atoms with Crippen molar-refractivity contribution in [3.05, 3.63) is 95.3 Å². The molecule has 0 aliphatic carbocycles. The molecule has 0 saturated heterocycles. The van der Waals surface area contributed by atoms with Crippen molar-refractivity contribution in [3.63, 3.8) is 0 Å². The van der Waals surface area contributed by atoms with E-state index in [4.69, 9.17) is 9.47 Å². The lowest BCUT2D eigenvalue weighted by Crippen LogP contribution is -2.20. The molecule has 0 bridgehead atoms. The third-order valence-electron chi connectivity index (χ3n) is 4.38. The highest BCUT2D eigenvalue weighted by Crippen LogP contribution is 2.35. The zero-order chi connectivity index (χ0) is 17.9. The van der Waals surface area contributed by atoms with Crippen molar-refractivity contribution in [2.75, 3.05) is 0 Å². The Morgan fingerprint density at radius 2 is 1.77 bits per heavy atom. The third-order valence-corrected chi connectivity index (χ3v) is 4.38. The van der Waals surface area contributed by atoms with Gasteiger partial charge in [0.2, 0.25) is 0 Å². The molecule has 1 aliphatic heterocycles. The van der Waals surface area contributed by atoms with Gasteiger partial charge in [0.25, 0.3) is 0 Å². The van der Waals surface area contributed by atoms with Crippen LogP contribution in [0.2, 0.25) is 0 Å². The van der Waals surface area contributed by atoms with Crippen molar-refractivity contribution >= 4 is 5.78 Å². The summed E-state index contributed by atoms with van der Waals surface area (Å²) in [5.41, 5.74) is 2.39. The Morgan fingerprint density at radius 1 is 1.00 bits per heavy atom. The first-order chi connectivity index (χ1) is 12.7. The summed E-state index contributed by atoms with van der Waals surface area (Å²) in [5.74, 6) is 0.587. The van der Waals surface area contributed by atoms with Gasteiger partial charge in [-0.25, -0.2) is 4.39 Å². The Morgan fingerprint density at radius 3 is 2.54 bits per heavy atom. The SMILES string of the molecule is O=C1CC(c2ccc(OCc3ccccc3)cc2)Oc2cc(F)ccc21. The number of carbonyl (C=O) groups is 1. The predicted molar refractivity (Wildman–Crippen MR) is 95.9 cm³/mol. The Labute approximate surface area is 151 Å². The molecule has 0 radical (unpaired) electrons. The van der Waals surface area contributed by atoms with E-state index in [-0.39, 0.29) is 12.2 Å². The van der Waals surface area contributed by atoms with E-state index < -0.39 is 11.9 Å². The summed E-state index contributed by atoms with van der Waals surface area (Å²) in [6.07, 6.45) is -0.178. The Kier molecular flexibility index (Phi) is 4.40. The number of halogens is 1. The van der Waals surface area contributed by atoms with Crippen LogP contribution in [0.3, 0.4) is 0 Å². The van der Waals surface area contributed by atoms with Crippen LogP contribution in [-0.4, -0.2) is 5.78 Å². The van der Waals surface area contributed by atoms with Crippen LogP contribution in [0.1, 0.15) is 34.0 Å². The van der Waals surface area contributed by atoms with Gasteiger partial charge in [-0.05, 0) is 35.4 Å². The average Bonchev–Trinajstić information content (AvgIpc) is 2.67. The summed E-state index contributed by atoms with van der Waals surface area (Å²) < 4.78 is 25.0. The van der Waals surface area contributed by atoms with Crippen LogP contribution < -0.4 is 9.47 Å². The van der Waals surface area contributed by atoms with Gasteiger partial charge in [-0.3, -0.25) is 4.79 Å². The highest BCUT2D eigenvalue weighted by molar-refractivity contribution is 6.00. The number of Topliss-reactive ketones (excluding diaryl/α,β-unsaturated/α-hetero) is 1. The lowest BCUT2D eigenvalue weighted by Gasteiger charge is -2.25. The Hall–Kier alpha value is -3.14. The summed E-state index contributed by atoms with van der Waals surface area (Å²) in [4.78, 5) is 12.3. The van der Waals surface area contributed by atoms with E-state index in [0.717, 1.165) is 16.9 Å². The van der Waals surface area contributed by atoms with Crippen LogP contribution in [-0.2, 0) is 6.61 Å². The fourth-order valence-electron chi connectivity index (χ4n) is 3.00. The molecule has 4 heteroatoms. The maximum atomic E-state index is 13.4. The van der Waals surface area contributed by atoms with E-state index in [1.165, 1.54) is 18.2 Å². The van der Waals surface area contributed by atoms with E-state index in [1.807, 2.05) is 54.6 Å². The molecule has 1 aliphatic rings. The minimum absolute atomic E-state index is 0.0411. The van der Waals surface area contributed by atoms with Crippen molar-refractivity contribution in [1.82, 2.24) is 0 Å². The number of ketones is 1. The minimum atomic E-state index is -0.417. The second kappa shape index (κ2) is 7.00. The standard InChI is InChI=1S/C22H17FO3/c23-17-8-11-19-20(24)13-21(26-22(19)12-17)16-6-9-18(10-7-16)25-14-15-4-2-1-3-5-15/h1-12,21H,13-14H2. The molecule has 3 aromatic carbocycles. The largest absolute Gasteiger partial charge is 0.489 e. The molecular formula is C22H17FO3. The van der Waals surface area contributed by atoms with E-state index in [0.29, 0.717) is 17.9 Å². The van der Waals surface area contributed by atoms with Gasteiger partial charge in [0, 0.05) is 6.07 Å². The molecule has 130 valence electrons. The molecular weight excluding hydrogens is 331 g/mol. The summed E-state index contributed by atoms with van der Waals surface area (Å²) in [7, 11) is 0. The maximum absolute atomic E-state index is 13.4. The topological polar surface area (TPSA) is 35.5 Å². The number of fused-ring (bicyclic) bond motifs is 1. The molecule has 1 atom stereocenters. The number of carbonyl (C=O) groups excluding carboxylic acids is 1. The second-order valence-corrected chi connectivity index (χ2v) is 6.22. The zero-order valence-corrected chi connectivity index (χ0v) is 14.0. The van der Waals surface area contributed by atoms with Crippen LogP contribution in [0.5, 0.6) is 11.5 Å². The molecule has 0 aromatic heterocycles. The number of hydrogen-bond acceptors (Lipinski definition) is 3.